The highest BCUT2D eigenvalue weighted by Gasteiger charge is 2.08. The van der Waals surface area contributed by atoms with Gasteiger partial charge < -0.3 is 5.73 Å². The molecule has 2 aromatic heterocycles. The zero-order valence-electron chi connectivity index (χ0n) is 7.88. The fourth-order valence-corrected chi connectivity index (χ4v) is 1.76. The summed E-state index contributed by atoms with van der Waals surface area (Å²) in [6.07, 6.45) is 3.47. The van der Waals surface area contributed by atoms with Crippen LogP contribution in [0.3, 0.4) is 0 Å². The van der Waals surface area contributed by atoms with Gasteiger partial charge in [0.25, 0.3) is 0 Å². The molecular weight excluding hydrogens is 210 g/mol. The van der Waals surface area contributed by atoms with E-state index in [1.54, 1.807) is 29.9 Å². The summed E-state index contributed by atoms with van der Waals surface area (Å²) in [5.74, 6) is 0.00778. The number of hydrogen-bond donors (Lipinski definition) is 1. The Labute approximate surface area is 90.8 Å². The van der Waals surface area contributed by atoms with E-state index in [4.69, 9.17) is 5.73 Å². The van der Waals surface area contributed by atoms with E-state index in [1.807, 2.05) is 0 Å². The van der Waals surface area contributed by atoms with Crippen LogP contribution < -0.4 is 5.73 Å². The zero-order valence-corrected chi connectivity index (χ0v) is 8.70. The number of nitrogens with two attached hydrogens (primary N) is 1. The van der Waals surface area contributed by atoms with Crippen molar-refractivity contribution in [2.45, 2.75) is 6.42 Å². The summed E-state index contributed by atoms with van der Waals surface area (Å²) < 4.78 is 0. The van der Waals surface area contributed by atoms with Crippen LogP contribution in [0.2, 0.25) is 0 Å². The van der Waals surface area contributed by atoms with E-state index in [0.29, 0.717) is 16.4 Å². The van der Waals surface area contributed by atoms with Crippen LogP contribution in [0.25, 0.3) is 0 Å². The molecule has 2 aromatic rings. The van der Waals surface area contributed by atoms with Gasteiger partial charge in [-0.2, -0.15) is 0 Å². The maximum Gasteiger partial charge on any atom is 0.180 e. The molecule has 5 heteroatoms. The molecule has 0 aliphatic rings. The lowest BCUT2D eigenvalue weighted by Crippen LogP contribution is -2.04. The SMILES string of the molecule is Nc1nc(CC(=O)c2cccnc2)cs1. The first-order valence-corrected chi connectivity index (χ1v) is 5.27. The summed E-state index contributed by atoms with van der Waals surface area (Å²) in [6, 6.07) is 3.48. The third kappa shape index (κ3) is 2.38. The van der Waals surface area contributed by atoms with Crippen LogP contribution in [0.1, 0.15) is 16.1 Å². The van der Waals surface area contributed by atoms with E-state index in [-0.39, 0.29) is 12.2 Å². The predicted molar refractivity (Wildman–Crippen MR) is 58.8 cm³/mol. The fourth-order valence-electron chi connectivity index (χ4n) is 1.20. The Morgan fingerprint density at radius 2 is 2.40 bits per heavy atom. The number of pyridine rings is 1. The van der Waals surface area contributed by atoms with Crippen LogP contribution in [0, 0.1) is 0 Å². The molecule has 0 aliphatic carbocycles. The number of aromatic nitrogens is 2. The first-order chi connectivity index (χ1) is 7.25. The first-order valence-electron chi connectivity index (χ1n) is 4.39. The molecule has 0 radical (unpaired) electrons. The van der Waals surface area contributed by atoms with Crippen molar-refractivity contribution in [3.63, 3.8) is 0 Å². The van der Waals surface area contributed by atoms with Crippen LogP contribution in [0.5, 0.6) is 0 Å². The minimum absolute atomic E-state index is 0.00778. The minimum atomic E-state index is 0.00778. The monoisotopic (exact) mass is 219 g/mol. The average molecular weight is 219 g/mol. The van der Waals surface area contributed by atoms with Crippen molar-refractivity contribution in [3.8, 4) is 0 Å². The van der Waals surface area contributed by atoms with Crippen molar-refractivity contribution in [2.24, 2.45) is 0 Å². The van der Waals surface area contributed by atoms with Crippen molar-refractivity contribution in [2.75, 3.05) is 5.73 Å². The standard InChI is InChI=1S/C10H9N3OS/c11-10-13-8(6-15-10)4-9(14)7-2-1-3-12-5-7/h1-3,5-6H,4H2,(H2,11,13). The molecule has 76 valence electrons. The van der Waals surface area contributed by atoms with Gasteiger partial charge in [-0.05, 0) is 12.1 Å². The average Bonchev–Trinajstić information content (AvgIpc) is 2.65. The topological polar surface area (TPSA) is 68.9 Å². The van der Waals surface area contributed by atoms with Gasteiger partial charge in [-0.15, -0.1) is 11.3 Å². The van der Waals surface area contributed by atoms with Gasteiger partial charge in [0.05, 0.1) is 12.1 Å². The molecule has 2 N–H and O–H groups in total. The van der Waals surface area contributed by atoms with Crippen molar-refractivity contribution < 1.29 is 4.79 Å². The number of ketones is 1. The first kappa shape index (κ1) is 9.79. The van der Waals surface area contributed by atoms with Gasteiger partial charge in [-0.3, -0.25) is 9.78 Å². The summed E-state index contributed by atoms with van der Waals surface area (Å²) >= 11 is 1.34. The van der Waals surface area contributed by atoms with E-state index < -0.39 is 0 Å². The molecule has 0 bridgehead atoms. The summed E-state index contributed by atoms with van der Waals surface area (Å²) in [6.45, 7) is 0. The third-order valence-corrected chi connectivity index (χ3v) is 2.62. The maximum atomic E-state index is 11.7. The highest BCUT2D eigenvalue weighted by molar-refractivity contribution is 7.13. The van der Waals surface area contributed by atoms with E-state index in [1.165, 1.54) is 11.3 Å². The number of anilines is 1. The summed E-state index contributed by atoms with van der Waals surface area (Å²) in [5, 5.41) is 2.29. The van der Waals surface area contributed by atoms with Crippen molar-refractivity contribution in [3.05, 3.63) is 41.2 Å². The summed E-state index contributed by atoms with van der Waals surface area (Å²) in [5.41, 5.74) is 6.79. The molecule has 0 atom stereocenters. The lowest BCUT2D eigenvalue weighted by atomic mass is 10.1. The summed E-state index contributed by atoms with van der Waals surface area (Å²) in [7, 11) is 0. The molecule has 0 aliphatic heterocycles. The van der Waals surface area contributed by atoms with E-state index >= 15 is 0 Å². The molecule has 0 spiro atoms. The Morgan fingerprint density at radius 3 is 3.00 bits per heavy atom. The Morgan fingerprint density at radius 1 is 1.53 bits per heavy atom. The Balaban J connectivity index is 2.11. The Kier molecular flexibility index (Phi) is 2.73. The van der Waals surface area contributed by atoms with Gasteiger partial charge >= 0.3 is 0 Å². The van der Waals surface area contributed by atoms with Crippen molar-refractivity contribution >= 4 is 22.3 Å². The highest BCUT2D eigenvalue weighted by atomic mass is 32.1. The molecule has 0 fully saturated rings. The third-order valence-electron chi connectivity index (χ3n) is 1.89. The van der Waals surface area contributed by atoms with Gasteiger partial charge in [0, 0.05) is 23.3 Å². The molecule has 4 nitrogen and oxygen atoms in total. The number of carbonyl (C=O) groups excluding carboxylic acids is 1. The molecule has 0 aromatic carbocycles. The number of hydrogen-bond acceptors (Lipinski definition) is 5. The fraction of sp³-hybridized carbons (Fsp3) is 0.100. The normalized spacial score (nSPS) is 10.1. The van der Waals surface area contributed by atoms with Gasteiger partial charge in [0.15, 0.2) is 10.9 Å². The largest absolute Gasteiger partial charge is 0.375 e. The molecule has 0 saturated carbocycles. The number of thiazole rings is 1. The quantitative estimate of drug-likeness (QED) is 0.795. The van der Waals surface area contributed by atoms with Crippen LogP contribution in [0.15, 0.2) is 29.9 Å². The van der Waals surface area contributed by atoms with Gasteiger partial charge in [0.1, 0.15) is 0 Å². The van der Waals surface area contributed by atoms with Crippen LogP contribution in [-0.2, 0) is 6.42 Å². The minimum Gasteiger partial charge on any atom is -0.375 e. The van der Waals surface area contributed by atoms with Crippen LogP contribution in [-0.4, -0.2) is 15.8 Å². The lowest BCUT2D eigenvalue weighted by Gasteiger charge is -1.96. The van der Waals surface area contributed by atoms with Crippen LogP contribution in [0.4, 0.5) is 5.13 Å². The van der Waals surface area contributed by atoms with E-state index in [9.17, 15) is 4.79 Å². The molecule has 15 heavy (non-hydrogen) atoms. The van der Waals surface area contributed by atoms with Gasteiger partial charge in [-0.25, -0.2) is 4.98 Å². The second-order valence-electron chi connectivity index (χ2n) is 3.02. The molecule has 0 saturated heterocycles. The van der Waals surface area contributed by atoms with Crippen molar-refractivity contribution in [1.29, 1.82) is 0 Å². The number of nitrogen functional groups attached to an aromatic ring is 1. The molecule has 0 unspecified atom stereocenters. The van der Waals surface area contributed by atoms with E-state index in [2.05, 4.69) is 9.97 Å². The summed E-state index contributed by atoms with van der Waals surface area (Å²) in [4.78, 5) is 19.6. The molecule has 2 rings (SSSR count). The lowest BCUT2D eigenvalue weighted by molar-refractivity contribution is 0.0992. The number of nitrogens with zero attached hydrogens (tertiary/aromatic N) is 2. The van der Waals surface area contributed by atoms with Gasteiger partial charge in [0.2, 0.25) is 0 Å². The van der Waals surface area contributed by atoms with Crippen LogP contribution >= 0.6 is 11.3 Å². The highest BCUT2D eigenvalue weighted by Crippen LogP contribution is 2.13. The number of carbonyl (C=O) groups is 1. The Bertz CT molecular complexity index is 467. The van der Waals surface area contributed by atoms with Gasteiger partial charge in [-0.1, -0.05) is 0 Å². The predicted octanol–water partition coefficient (Wildman–Crippen LogP) is 1.55. The number of Topliss-reactive ketones (excluding diaryl/α,β-unsaturated/α-hetero) is 1. The molecule has 2 heterocycles. The number of rotatable bonds is 3. The smallest absolute Gasteiger partial charge is 0.180 e. The molecule has 0 amide bonds. The maximum absolute atomic E-state index is 11.7. The second kappa shape index (κ2) is 4.18. The van der Waals surface area contributed by atoms with Crippen molar-refractivity contribution in [1.82, 2.24) is 9.97 Å². The molecular formula is C10H9N3OS. The second-order valence-corrected chi connectivity index (χ2v) is 3.91. The zero-order chi connectivity index (χ0) is 10.7. The Hall–Kier alpha value is -1.75. The van der Waals surface area contributed by atoms with E-state index in [0.717, 1.165) is 0 Å².